The van der Waals surface area contributed by atoms with Gasteiger partial charge in [0.05, 0.1) is 22.6 Å². The van der Waals surface area contributed by atoms with Crippen molar-refractivity contribution < 1.29 is 24.0 Å². The molecule has 1 N–H and O–H groups in total. The molecule has 3 aromatic carbocycles. The zero-order valence-corrected chi connectivity index (χ0v) is 20.0. The number of phenols is 1. The molecular weight excluding hydrogens is 477 g/mol. The summed E-state index contributed by atoms with van der Waals surface area (Å²) in [6.45, 7) is 1.38. The van der Waals surface area contributed by atoms with Crippen molar-refractivity contribution in [1.29, 1.82) is 0 Å². The number of nitrogens with zero attached hydrogens (tertiary/aromatic N) is 3. The van der Waals surface area contributed by atoms with Crippen molar-refractivity contribution in [2.24, 2.45) is 5.92 Å². The topological polar surface area (TPSA) is 104 Å². The minimum absolute atomic E-state index is 0.0555. The van der Waals surface area contributed by atoms with Crippen molar-refractivity contribution in [3.8, 4) is 5.75 Å². The number of carbonyl (C=O) groups is 2. The number of likely N-dealkylation sites (tertiary alicyclic amines) is 2. The van der Waals surface area contributed by atoms with Crippen LogP contribution in [0.2, 0.25) is 0 Å². The van der Waals surface area contributed by atoms with Crippen LogP contribution < -0.4 is 0 Å². The molecule has 0 aromatic heterocycles. The van der Waals surface area contributed by atoms with E-state index >= 15 is 0 Å². The summed E-state index contributed by atoms with van der Waals surface area (Å²) in [5.74, 6) is -0.989. The second kappa shape index (κ2) is 10.0. The lowest BCUT2D eigenvalue weighted by Gasteiger charge is -2.36. The Labute approximate surface area is 213 Å². The largest absolute Gasteiger partial charge is 0.508 e. The molecule has 2 aliphatic rings. The zero-order chi connectivity index (χ0) is 26.1. The Morgan fingerprint density at radius 2 is 1.62 bits per heavy atom. The first kappa shape index (κ1) is 24.4. The van der Waals surface area contributed by atoms with E-state index in [2.05, 4.69) is 0 Å². The van der Waals surface area contributed by atoms with Crippen molar-refractivity contribution in [2.45, 2.75) is 25.3 Å². The van der Waals surface area contributed by atoms with Gasteiger partial charge >= 0.3 is 0 Å². The van der Waals surface area contributed by atoms with Gasteiger partial charge in [0.25, 0.3) is 17.5 Å². The summed E-state index contributed by atoms with van der Waals surface area (Å²) >= 11 is 0. The smallest absolute Gasteiger partial charge is 0.273 e. The van der Waals surface area contributed by atoms with Gasteiger partial charge in [-0.3, -0.25) is 19.7 Å². The van der Waals surface area contributed by atoms with E-state index in [0.717, 1.165) is 30.0 Å². The lowest BCUT2D eigenvalue weighted by atomic mass is 9.91. The monoisotopic (exact) mass is 503 g/mol. The summed E-state index contributed by atoms with van der Waals surface area (Å²) in [6.07, 6.45) is 2.34. The zero-order valence-electron chi connectivity index (χ0n) is 20.0. The van der Waals surface area contributed by atoms with Crippen LogP contribution in [0.3, 0.4) is 0 Å². The molecule has 2 fully saturated rings. The van der Waals surface area contributed by atoms with Crippen LogP contribution >= 0.6 is 0 Å². The highest BCUT2D eigenvalue weighted by atomic mass is 19.1. The van der Waals surface area contributed by atoms with E-state index in [1.54, 1.807) is 29.2 Å². The standard InChI is InChI=1S/C28H26FN3O5/c29-23-9-5-19(6-10-23)12-18-3-7-20(8-4-18)28(35)31-11-1-2-21-16-30(17-26(21)31)27(34)22-13-24(32(36)37)15-25(33)14-22/h3-10,13-15,21,26,33H,1-2,11-12,16-17H2/t21-,26+/m1/s1. The molecule has 0 aliphatic carbocycles. The number of hydrogen-bond acceptors (Lipinski definition) is 5. The summed E-state index contributed by atoms with van der Waals surface area (Å²) < 4.78 is 13.2. The average Bonchev–Trinajstić information content (AvgIpc) is 3.34. The number of rotatable bonds is 5. The second-order valence-corrected chi connectivity index (χ2v) is 9.67. The number of nitro benzene ring substituents is 1. The first-order valence-corrected chi connectivity index (χ1v) is 12.2. The van der Waals surface area contributed by atoms with Crippen LogP contribution in [-0.4, -0.2) is 57.3 Å². The molecule has 8 nitrogen and oxygen atoms in total. The molecule has 2 aliphatic heterocycles. The van der Waals surface area contributed by atoms with Crippen molar-refractivity contribution in [2.75, 3.05) is 19.6 Å². The Bertz CT molecular complexity index is 1340. The van der Waals surface area contributed by atoms with E-state index in [-0.39, 0.29) is 40.7 Å². The van der Waals surface area contributed by atoms with Crippen LogP contribution in [0.1, 0.15) is 44.7 Å². The van der Waals surface area contributed by atoms with Crippen molar-refractivity contribution in [1.82, 2.24) is 9.80 Å². The summed E-state index contributed by atoms with van der Waals surface area (Å²) in [7, 11) is 0. The number of amides is 2. The Kier molecular flexibility index (Phi) is 6.60. The molecular formula is C28H26FN3O5. The van der Waals surface area contributed by atoms with Gasteiger partial charge in [-0.2, -0.15) is 0 Å². The molecule has 0 bridgehead atoms. The summed E-state index contributed by atoms with van der Waals surface area (Å²) in [6, 6.07) is 17.0. The fraction of sp³-hybridized carbons (Fsp3) is 0.286. The van der Waals surface area contributed by atoms with Gasteiger partial charge in [0.1, 0.15) is 11.6 Å². The van der Waals surface area contributed by atoms with Crippen LogP contribution in [0.25, 0.3) is 0 Å². The second-order valence-electron chi connectivity index (χ2n) is 9.67. The van der Waals surface area contributed by atoms with E-state index in [4.69, 9.17) is 0 Å². The van der Waals surface area contributed by atoms with Gasteiger partial charge in [0.2, 0.25) is 0 Å². The van der Waals surface area contributed by atoms with Gasteiger partial charge in [0.15, 0.2) is 0 Å². The molecule has 5 rings (SSSR count). The molecule has 2 heterocycles. The van der Waals surface area contributed by atoms with Crippen LogP contribution in [-0.2, 0) is 6.42 Å². The van der Waals surface area contributed by atoms with Gasteiger partial charge in [-0.1, -0.05) is 24.3 Å². The van der Waals surface area contributed by atoms with Gasteiger partial charge < -0.3 is 14.9 Å². The number of carbonyl (C=O) groups excluding carboxylic acids is 2. The SMILES string of the molecule is O=C(c1cc(O)cc([N+](=O)[O-])c1)N1C[C@H]2CCCN(C(=O)c3ccc(Cc4ccc(F)cc4)cc3)[C@H]2C1. The maximum Gasteiger partial charge on any atom is 0.273 e. The lowest BCUT2D eigenvalue weighted by Crippen LogP contribution is -2.48. The summed E-state index contributed by atoms with van der Waals surface area (Å²) in [5.41, 5.74) is 2.26. The van der Waals surface area contributed by atoms with Crippen LogP contribution in [0.5, 0.6) is 5.75 Å². The molecule has 0 spiro atoms. The molecule has 9 heteroatoms. The molecule has 0 unspecified atom stereocenters. The minimum Gasteiger partial charge on any atom is -0.508 e. The minimum atomic E-state index is -0.647. The van der Waals surface area contributed by atoms with Gasteiger partial charge in [-0.05, 0) is 66.6 Å². The Balaban J connectivity index is 1.28. The lowest BCUT2D eigenvalue weighted by molar-refractivity contribution is -0.385. The molecule has 190 valence electrons. The number of benzene rings is 3. The van der Waals surface area contributed by atoms with Crippen molar-refractivity contribution >= 4 is 17.5 Å². The number of nitro groups is 1. The maximum atomic E-state index is 13.4. The molecule has 0 radical (unpaired) electrons. The highest BCUT2D eigenvalue weighted by molar-refractivity contribution is 5.96. The molecule has 3 aromatic rings. The first-order chi connectivity index (χ1) is 17.8. The van der Waals surface area contributed by atoms with E-state index in [1.165, 1.54) is 24.3 Å². The first-order valence-electron chi connectivity index (χ1n) is 12.2. The van der Waals surface area contributed by atoms with Crippen LogP contribution in [0.4, 0.5) is 10.1 Å². The fourth-order valence-corrected chi connectivity index (χ4v) is 5.37. The average molecular weight is 504 g/mol. The Morgan fingerprint density at radius 3 is 2.30 bits per heavy atom. The summed E-state index contributed by atoms with van der Waals surface area (Å²) in [5, 5.41) is 21.0. The fourth-order valence-electron chi connectivity index (χ4n) is 5.37. The van der Waals surface area contributed by atoms with E-state index in [1.807, 2.05) is 17.0 Å². The van der Waals surface area contributed by atoms with E-state index in [9.17, 15) is 29.2 Å². The number of fused-ring (bicyclic) bond motifs is 1. The third kappa shape index (κ3) is 5.16. The summed E-state index contributed by atoms with van der Waals surface area (Å²) in [4.78, 5) is 40.5. The normalized spacial score (nSPS) is 18.9. The molecule has 2 amide bonds. The predicted molar refractivity (Wildman–Crippen MR) is 134 cm³/mol. The molecule has 0 saturated carbocycles. The van der Waals surface area contributed by atoms with Crippen LogP contribution in [0, 0.1) is 21.8 Å². The number of piperidine rings is 1. The molecule has 2 saturated heterocycles. The third-order valence-corrected chi connectivity index (χ3v) is 7.21. The van der Waals surface area contributed by atoms with Gasteiger partial charge in [-0.25, -0.2) is 4.39 Å². The number of hydrogen-bond donors (Lipinski definition) is 1. The maximum absolute atomic E-state index is 13.4. The number of non-ortho nitro benzene ring substituents is 1. The quantitative estimate of drug-likeness (QED) is 0.410. The number of halogens is 1. The van der Waals surface area contributed by atoms with Crippen molar-refractivity contribution in [3.63, 3.8) is 0 Å². The van der Waals surface area contributed by atoms with Gasteiger partial charge in [0, 0.05) is 31.3 Å². The van der Waals surface area contributed by atoms with E-state index < -0.39 is 10.8 Å². The number of phenolic OH excluding ortho intramolecular Hbond substituents is 1. The van der Waals surface area contributed by atoms with E-state index in [0.29, 0.717) is 31.6 Å². The Morgan fingerprint density at radius 1 is 0.946 bits per heavy atom. The predicted octanol–water partition coefficient (Wildman–Crippen LogP) is 4.41. The van der Waals surface area contributed by atoms with Crippen molar-refractivity contribution in [3.05, 3.63) is 105 Å². The third-order valence-electron chi connectivity index (χ3n) is 7.21. The molecule has 37 heavy (non-hydrogen) atoms. The highest BCUT2D eigenvalue weighted by Gasteiger charge is 2.43. The highest BCUT2D eigenvalue weighted by Crippen LogP contribution is 2.33. The van der Waals surface area contributed by atoms with Gasteiger partial charge in [-0.15, -0.1) is 0 Å². The Hall–Kier alpha value is -4.27. The number of aromatic hydroxyl groups is 1. The molecule has 2 atom stereocenters. The van der Waals surface area contributed by atoms with Crippen LogP contribution in [0.15, 0.2) is 66.7 Å².